The summed E-state index contributed by atoms with van der Waals surface area (Å²) >= 11 is 0. The highest BCUT2D eigenvalue weighted by molar-refractivity contribution is 5.71. The molecular formula is C29H26F2O. The summed E-state index contributed by atoms with van der Waals surface area (Å²) in [4.78, 5) is 0. The molecule has 0 aliphatic rings. The van der Waals surface area contributed by atoms with Crippen LogP contribution in [0.1, 0.15) is 30.9 Å². The molecule has 0 saturated heterocycles. The average Bonchev–Trinajstić information content (AvgIpc) is 2.82. The quantitative estimate of drug-likeness (QED) is 0.289. The third kappa shape index (κ3) is 4.88. The molecule has 32 heavy (non-hydrogen) atoms. The maximum atomic E-state index is 14.9. The molecule has 4 aromatic rings. The zero-order chi connectivity index (χ0) is 22.5. The van der Waals surface area contributed by atoms with Gasteiger partial charge in [0.2, 0.25) is 0 Å². The number of rotatable bonds is 7. The Labute approximate surface area is 188 Å². The third-order valence-electron chi connectivity index (χ3n) is 5.74. The molecule has 162 valence electrons. The van der Waals surface area contributed by atoms with Crippen LogP contribution < -0.4 is 4.74 Å². The number of halogens is 2. The smallest absolute Gasteiger partial charge is 0.129 e. The first-order valence-electron chi connectivity index (χ1n) is 10.9. The summed E-state index contributed by atoms with van der Waals surface area (Å²) in [6, 6.07) is 28.3. The van der Waals surface area contributed by atoms with Crippen molar-refractivity contribution in [2.24, 2.45) is 0 Å². The molecule has 0 aliphatic carbocycles. The standard InChI is InChI=1S/C29H26F2O/c1-3-32-26-15-13-23(14-16-26)22-9-11-24(12-10-22)25-18-28(30)27(29(31)19-25)17-20(2)21-7-5-4-6-8-21/h4-16,18-20H,3,17H2,1-2H3/t20-/m1/s1. The molecule has 0 radical (unpaired) electrons. The van der Waals surface area contributed by atoms with Gasteiger partial charge < -0.3 is 4.74 Å². The summed E-state index contributed by atoms with van der Waals surface area (Å²) in [5.74, 6) is -0.142. The summed E-state index contributed by atoms with van der Waals surface area (Å²) < 4.78 is 35.2. The normalized spacial score (nSPS) is 11.9. The molecular weight excluding hydrogens is 402 g/mol. The van der Waals surface area contributed by atoms with Crippen LogP contribution in [0.25, 0.3) is 22.3 Å². The van der Waals surface area contributed by atoms with Crippen molar-refractivity contribution in [1.29, 1.82) is 0 Å². The molecule has 0 aliphatic heterocycles. The van der Waals surface area contributed by atoms with E-state index < -0.39 is 11.6 Å². The van der Waals surface area contributed by atoms with Crippen molar-refractivity contribution in [2.45, 2.75) is 26.2 Å². The SMILES string of the molecule is CCOc1ccc(-c2ccc(-c3cc(F)c(C[C@@H](C)c4ccccc4)c(F)c3)cc2)cc1. The number of ether oxygens (including phenoxy) is 1. The van der Waals surface area contributed by atoms with E-state index in [9.17, 15) is 8.78 Å². The highest BCUT2D eigenvalue weighted by Gasteiger charge is 2.16. The molecule has 4 rings (SSSR count). The monoisotopic (exact) mass is 428 g/mol. The number of benzene rings is 4. The molecule has 0 bridgehead atoms. The van der Waals surface area contributed by atoms with Gasteiger partial charge >= 0.3 is 0 Å². The van der Waals surface area contributed by atoms with E-state index in [1.807, 2.05) is 92.7 Å². The molecule has 0 N–H and O–H groups in total. The van der Waals surface area contributed by atoms with E-state index in [-0.39, 0.29) is 11.5 Å². The number of hydrogen-bond acceptors (Lipinski definition) is 1. The average molecular weight is 429 g/mol. The Morgan fingerprint density at radius 3 is 1.72 bits per heavy atom. The van der Waals surface area contributed by atoms with Crippen molar-refractivity contribution in [3.8, 4) is 28.0 Å². The van der Waals surface area contributed by atoms with Crippen molar-refractivity contribution in [2.75, 3.05) is 6.61 Å². The molecule has 3 heteroatoms. The summed E-state index contributed by atoms with van der Waals surface area (Å²) in [6.45, 7) is 4.57. The van der Waals surface area contributed by atoms with E-state index in [2.05, 4.69) is 0 Å². The van der Waals surface area contributed by atoms with Crippen molar-refractivity contribution in [3.63, 3.8) is 0 Å². The molecule has 1 nitrogen and oxygen atoms in total. The van der Waals surface area contributed by atoms with Crippen LogP contribution in [0.5, 0.6) is 5.75 Å². The lowest BCUT2D eigenvalue weighted by atomic mass is 9.92. The van der Waals surface area contributed by atoms with Gasteiger partial charge in [-0.2, -0.15) is 0 Å². The molecule has 0 unspecified atom stereocenters. The topological polar surface area (TPSA) is 9.23 Å². The fourth-order valence-electron chi connectivity index (χ4n) is 3.94. The lowest BCUT2D eigenvalue weighted by Crippen LogP contribution is -2.04. The minimum atomic E-state index is -0.502. The predicted molar refractivity (Wildman–Crippen MR) is 127 cm³/mol. The van der Waals surface area contributed by atoms with E-state index >= 15 is 0 Å². The Morgan fingerprint density at radius 2 is 1.19 bits per heavy atom. The molecule has 0 spiro atoms. The van der Waals surface area contributed by atoms with Gasteiger partial charge in [-0.1, -0.05) is 73.7 Å². The largest absolute Gasteiger partial charge is 0.494 e. The van der Waals surface area contributed by atoms with Crippen LogP contribution >= 0.6 is 0 Å². The summed E-state index contributed by atoms with van der Waals surface area (Å²) in [5.41, 5.74) is 4.61. The van der Waals surface area contributed by atoms with Crippen molar-refractivity contribution in [3.05, 3.63) is 114 Å². The van der Waals surface area contributed by atoms with Gasteiger partial charge in [0.1, 0.15) is 17.4 Å². The Balaban J connectivity index is 1.54. The molecule has 0 saturated carbocycles. The van der Waals surface area contributed by atoms with Gasteiger partial charge in [0, 0.05) is 5.56 Å². The zero-order valence-corrected chi connectivity index (χ0v) is 18.3. The van der Waals surface area contributed by atoms with Crippen molar-refractivity contribution < 1.29 is 13.5 Å². The van der Waals surface area contributed by atoms with Gasteiger partial charge in [0.15, 0.2) is 0 Å². The Bertz CT molecular complexity index is 1140. The van der Waals surface area contributed by atoms with Gasteiger partial charge in [-0.25, -0.2) is 8.78 Å². The van der Waals surface area contributed by atoms with Crippen molar-refractivity contribution >= 4 is 0 Å². The maximum Gasteiger partial charge on any atom is 0.129 e. The third-order valence-corrected chi connectivity index (χ3v) is 5.74. The van der Waals surface area contributed by atoms with Crippen LogP contribution in [0, 0.1) is 11.6 Å². The lowest BCUT2D eigenvalue weighted by Gasteiger charge is -2.14. The van der Waals surface area contributed by atoms with E-state index in [0.717, 1.165) is 28.0 Å². The maximum absolute atomic E-state index is 14.9. The molecule has 0 heterocycles. The Hall–Kier alpha value is -3.46. The molecule has 4 aromatic carbocycles. The highest BCUT2D eigenvalue weighted by atomic mass is 19.1. The second-order valence-corrected chi connectivity index (χ2v) is 7.97. The second kappa shape index (κ2) is 9.78. The number of hydrogen-bond donors (Lipinski definition) is 0. The van der Waals surface area contributed by atoms with Crippen LogP contribution in [0.4, 0.5) is 8.78 Å². The second-order valence-electron chi connectivity index (χ2n) is 7.97. The Kier molecular flexibility index (Phi) is 6.65. The first-order valence-corrected chi connectivity index (χ1v) is 10.9. The van der Waals surface area contributed by atoms with Gasteiger partial charge in [-0.3, -0.25) is 0 Å². The van der Waals surface area contributed by atoms with E-state index in [1.54, 1.807) is 0 Å². The van der Waals surface area contributed by atoms with Gasteiger partial charge in [-0.15, -0.1) is 0 Å². The first kappa shape index (κ1) is 21.8. The zero-order valence-electron chi connectivity index (χ0n) is 18.3. The van der Waals surface area contributed by atoms with Crippen LogP contribution in [0.3, 0.4) is 0 Å². The van der Waals surface area contributed by atoms with Crippen LogP contribution in [-0.4, -0.2) is 6.61 Å². The predicted octanol–water partition coefficient (Wildman–Crippen LogP) is 8.04. The molecule has 0 aromatic heterocycles. The van der Waals surface area contributed by atoms with Crippen LogP contribution in [0.15, 0.2) is 91.0 Å². The van der Waals surface area contributed by atoms with E-state index in [4.69, 9.17) is 4.74 Å². The van der Waals surface area contributed by atoms with Crippen LogP contribution in [0.2, 0.25) is 0 Å². The van der Waals surface area contributed by atoms with Gasteiger partial charge in [-0.05, 0) is 71.3 Å². The molecule has 1 atom stereocenters. The Morgan fingerprint density at radius 1 is 0.688 bits per heavy atom. The summed E-state index contributed by atoms with van der Waals surface area (Å²) in [5, 5.41) is 0. The van der Waals surface area contributed by atoms with Crippen LogP contribution in [-0.2, 0) is 6.42 Å². The van der Waals surface area contributed by atoms with E-state index in [1.165, 1.54) is 12.1 Å². The van der Waals surface area contributed by atoms with Crippen molar-refractivity contribution in [1.82, 2.24) is 0 Å². The fraction of sp³-hybridized carbons (Fsp3) is 0.172. The first-order chi connectivity index (χ1) is 15.5. The summed E-state index contributed by atoms with van der Waals surface area (Å²) in [7, 11) is 0. The van der Waals surface area contributed by atoms with Gasteiger partial charge in [0.05, 0.1) is 6.61 Å². The van der Waals surface area contributed by atoms with Gasteiger partial charge in [0.25, 0.3) is 0 Å². The fourth-order valence-corrected chi connectivity index (χ4v) is 3.94. The lowest BCUT2D eigenvalue weighted by molar-refractivity contribution is 0.340. The molecule has 0 amide bonds. The minimum Gasteiger partial charge on any atom is -0.494 e. The summed E-state index contributed by atoms with van der Waals surface area (Å²) in [6.07, 6.45) is 0.318. The minimum absolute atomic E-state index is 0.0273. The highest BCUT2D eigenvalue weighted by Crippen LogP contribution is 2.30. The van der Waals surface area contributed by atoms with E-state index in [0.29, 0.717) is 18.6 Å². The molecule has 0 fully saturated rings.